The minimum absolute atomic E-state index is 0.220. The molecule has 19 nitrogen and oxygen atoms in total. The molecule has 0 saturated carbocycles. The molecule has 3 aliphatic heterocycles. The van der Waals surface area contributed by atoms with Gasteiger partial charge in [0, 0.05) is 6.42 Å². The normalized spacial score (nSPS) is 27.1. The van der Waals surface area contributed by atoms with E-state index >= 15 is 0 Å². The summed E-state index contributed by atoms with van der Waals surface area (Å²) in [6.45, 7) is 1.59. The van der Waals surface area contributed by atoms with Crippen LogP contribution in [0, 0.1) is 0 Å². The first-order valence-electron chi connectivity index (χ1n) is 38.9. The maximum atomic E-state index is 13.5. The van der Waals surface area contributed by atoms with Gasteiger partial charge in [-0.05, 0) is 103 Å². The Morgan fingerprint density at radius 1 is 0.366 bits per heavy atom. The number of allylic oxidation sites excluding steroid dienone is 21. The van der Waals surface area contributed by atoms with Crippen molar-refractivity contribution in [3.63, 3.8) is 0 Å². The summed E-state index contributed by atoms with van der Waals surface area (Å²) < 4.78 is 34.4. The van der Waals surface area contributed by atoms with Gasteiger partial charge in [0.25, 0.3) is 0 Å². The minimum atomic E-state index is -1.99. The first kappa shape index (κ1) is 91.1. The van der Waals surface area contributed by atoms with Gasteiger partial charge in [-0.15, -0.1) is 0 Å². The third-order valence-electron chi connectivity index (χ3n) is 18.4. The number of nitrogens with one attached hydrogen (secondary N) is 1. The molecule has 0 aliphatic carbocycles. The Bertz CT molecular complexity index is 2350. The van der Waals surface area contributed by atoms with E-state index in [0.717, 1.165) is 109 Å². The molecule has 3 fully saturated rings. The quantitative estimate of drug-likeness (QED) is 0.0199. The lowest BCUT2D eigenvalue weighted by atomic mass is 9.96. The molecule has 0 bridgehead atoms. The number of amides is 1. The van der Waals surface area contributed by atoms with Crippen LogP contribution in [0.3, 0.4) is 0 Å². The van der Waals surface area contributed by atoms with E-state index in [1.807, 2.05) is 6.08 Å². The molecule has 0 aromatic rings. The minimum Gasteiger partial charge on any atom is -0.394 e. The molecule has 3 rings (SSSR count). The highest BCUT2D eigenvalue weighted by molar-refractivity contribution is 5.76. The van der Waals surface area contributed by atoms with Crippen LogP contribution in [0.2, 0.25) is 0 Å². The molecule has 17 unspecified atom stereocenters. The molecule has 0 aromatic carbocycles. The van der Waals surface area contributed by atoms with Crippen LogP contribution < -0.4 is 5.32 Å². The van der Waals surface area contributed by atoms with E-state index in [-0.39, 0.29) is 18.9 Å². The Hall–Kier alpha value is -4.07. The van der Waals surface area contributed by atoms with Crippen LogP contribution in [-0.2, 0) is 33.2 Å². The SMILES string of the molecule is CC/C=C\C/C=C\C/C=C\C/C=C\C/C=C\C/C=C\C/C=C\C/C=C\C/C=C\CCCCCCCCCCCC(=O)NC(COC1OC(CO)C(OC2OC(CO)C(OC3OC(CO)C(O)C(O)C3O)C(O)C2O)C(O)C1O)C(O)/C=C/CC/C=C/CCCCCCCCCCCCCCC. The van der Waals surface area contributed by atoms with Crippen molar-refractivity contribution in [1.29, 1.82) is 0 Å². The van der Waals surface area contributed by atoms with Crippen LogP contribution in [0.25, 0.3) is 0 Å². The fourth-order valence-corrected chi connectivity index (χ4v) is 12.2. The molecule has 0 spiro atoms. The molecule has 101 heavy (non-hydrogen) atoms. The Kier molecular flexibility index (Phi) is 55.2. The summed E-state index contributed by atoms with van der Waals surface area (Å²) in [7, 11) is 0. The summed E-state index contributed by atoms with van der Waals surface area (Å²) in [5.74, 6) is -0.296. The average molecular weight is 1420 g/mol. The lowest BCUT2D eigenvalue weighted by molar-refractivity contribution is -0.379. The molecule has 19 heteroatoms. The summed E-state index contributed by atoms with van der Waals surface area (Å²) in [4.78, 5) is 13.5. The molecule has 3 aliphatic rings. The summed E-state index contributed by atoms with van der Waals surface area (Å²) in [6.07, 6.45) is 60.0. The van der Waals surface area contributed by atoms with Gasteiger partial charge in [0.15, 0.2) is 18.9 Å². The first-order chi connectivity index (χ1) is 49.3. The number of rotatable bonds is 59. The predicted molar refractivity (Wildman–Crippen MR) is 401 cm³/mol. The van der Waals surface area contributed by atoms with Crippen LogP contribution >= 0.6 is 0 Å². The zero-order chi connectivity index (χ0) is 73.2. The van der Waals surface area contributed by atoms with Crippen LogP contribution in [0.5, 0.6) is 0 Å². The average Bonchev–Trinajstić information content (AvgIpc) is 0.789. The smallest absolute Gasteiger partial charge is 0.220 e. The highest BCUT2D eigenvalue weighted by Crippen LogP contribution is 2.33. The number of carbonyl (C=O) groups is 1. The fraction of sp³-hybridized carbons (Fsp3) is 0.720. The molecular weight excluding hydrogens is 1290 g/mol. The Balaban J connectivity index is 1.38. The van der Waals surface area contributed by atoms with Gasteiger partial charge in [-0.25, -0.2) is 0 Å². The number of carbonyl (C=O) groups excluding carboxylic acids is 1. The van der Waals surface area contributed by atoms with Gasteiger partial charge in [0.05, 0.1) is 38.6 Å². The van der Waals surface area contributed by atoms with Crippen molar-refractivity contribution in [3.8, 4) is 0 Å². The molecule has 3 saturated heterocycles. The van der Waals surface area contributed by atoms with Gasteiger partial charge in [-0.2, -0.15) is 0 Å². The van der Waals surface area contributed by atoms with E-state index in [1.165, 1.54) is 103 Å². The summed E-state index contributed by atoms with van der Waals surface area (Å²) in [5.41, 5.74) is 0. The van der Waals surface area contributed by atoms with Gasteiger partial charge in [-0.3, -0.25) is 4.79 Å². The van der Waals surface area contributed by atoms with Gasteiger partial charge >= 0.3 is 0 Å². The summed E-state index contributed by atoms with van der Waals surface area (Å²) in [6, 6.07) is -1.00. The number of aliphatic hydroxyl groups excluding tert-OH is 11. The molecule has 12 N–H and O–H groups in total. The van der Waals surface area contributed by atoms with Crippen molar-refractivity contribution in [2.45, 2.75) is 349 Å². The third-order valence-corrected chi connectivity index (χ3v) is 18.4. The van der Waals surface area contributed by atoms with Crippen molar-refractivity contribution < 1.29 is 89.4 Å². The Morgan fingerprint density at radius 2 is 0.693 bits per heavy atom. The standard InChI is InChI=1S/C82H137NO18/c1-3-5-7-9-11-13-15-17-19-21-23-24-25-26-27-28-29-30-31-32-33-34-35-36-37-38-39-40-42-44-46-48-50-52-54-56-58-60-70(88)83-65(66(87)59-57-55-53-51-49-47-45-43-41-22-20-18-16-14-12-10-8-6-4-2)64-96-80-76(94)73(91)78(68(62-85)98-80)101-82-77(95)74(92)79(69(63-86)99-82)100-81-75(93)72(90)71(89)67(61-84)97-81/h5,7,11,13,17,19,23-24,26-27,29-30,32-33,35-36,38-39,49,51,57,59,65-69,71-82,84-87,89-95H,3-4,6,8-10,12,14-16,18,20-22,25,28,31,34,37,40-48,50,52-56,58,60-64H2,1-2H3,(H,83,88)/b7-5-,13-11-,19-17-,24-23-,27-26-,30-29-,33-32-,36-35-,39-38-,51-49+,59-57+. The van der Waals surface area contributed by atoms with Crippen LogP contribution in [0.1, 0.15) is 245 Å². The van der Waals surface area contributed by atoms with E-state index in [9.17, 15) is 61.0 Å². The van der Waals surface area contributed by atoms with Gasteiger partial charge in [-0.1, -0.05) is 270 Å². The zero-order valence-corrected chi connectivity index (χ0v) is 61.6. The number of hydrogen-bond acceptors (Lipinski definition) is 18. The topological polar surface area (TPSA) is 307 Å². The number of ether oxygens (including phenoxy) is 6. The first-order valence-corrected chi connectivity index (χ1v) is 38.9. The summed E-state index contributed by atoms with van der Waals surface area (Å²) in [5, 5.41) is 121. The van der Waals surface area contributed by atoms with Crippen molar-refractivity contribution in [2.24, 2.45) is 0 Å². The lowest BCUT2D eigenvalue weighted by Crippen LogP contribution is -2.66. The van der Waals surface area contributed by atoms with E-state index < -0.39 is 124 Å². The van der Waals surface area contributed by atoms with Gasteiger partial charge in [0.1, 0.15) is 73.2 Å². The maximum absolute atomic E-state index is 13.5. The van der Waals surface area contributed by atoms with Gasteiger partial charge < -0.3 is 89.9 Å². The lowest BCUT2D eigenvalue weighted by Gasteiger charge is -2.48. The Labute approximate surface area is 607 Å². The van der Waals surface area contributed by atoms with E-state index in [2.05, 4.69) is 141 Å². The molecule has 578 valence electrons. The molecule has 17 atom stereocenters. The van der Waals surface area contributed by atoms with Crippen LogP contribution in [0.4, 0.5) is 0 Å². The van der Waals surface area contributed by atoms with Crippen LogP contribution in [-0.4, -0.2) is 193 Å². The fourth-order valence-electron chi connectivity index (χ4n) is 12.2. The molecular formula is C82H137NO18. The second kappa shape index (κ2) is 61.1. The second-order valence-corrected chi connectivity index (χ2v) is 27.1. The predicted octanol–water partition coefficient (Wildman–Crippen LogP) is 12.5. The number of unbranched alkanes of at least 4 members (excludes halogenated alkanes) is 23. The van der Waals surface area contributed by atoms with Crippen LogP contribution in [0.15, 0.2) is 134 Å². The van der Waals surface area contributed by atoms with Crippen molar-refractivity contribution in [1.82, 2.24) is 5.32 Å². The molecule has 0 radical (unpaired) electrons. The van der Waals surface area contributed by atoms with Crippen molar-refractivity contribution >= 4 is 5.91 Å². The Morgan fingerprint density at radius 3 is 1.11 bits per heavy atom. The third kappa shape index (κ3) is 41.4. The summed E-state index contributed by atoms with van der Waals surface area (Å²) >= 11 is 0. The van der Waals surface area contributed by atoms with E-state index in [4.69, 9.17) is 28.4 Å². The van der Waals surface area contributed by atoms with Gasteiger partial charge in [0.2, 0.25) is 5.91 Å². The molecule has 0 aromatic heterocycles. The largest absolute Gasteiger partial charge is 0.394 e. The monoisotopic (exact) mass is 1420 g/mol. The highest BCUT2D eigenvalue weighted by atomic mass is 16.8. The molecule has 3 heterocycles. The van der Waals surface area contributed by atoms with Crippen molar-refractivity contribution in [3.05, 3.63) is 134 Å². The number of aliphatic hydroxyl groups is 11. The van der Waals surface area contributed by atoms with E-state index in [0.29, 0.717) is 12.8 Å². The molecule has 1 amide bonds. The second-order valence-electron chi connectivity index (χ2n) is 27.1. The van der Waals surface area contributed by atoms with Crippen molar-refractivity contribution in [2.75, 3.05) is 26.4 Å². The highest BCUT2D eigenvalue weighted by Gasteiger charge is 2.53. The maximum Gasteiger partial charge on any atom is 0.220 e. The van der Waals surface area contributed by atoms with E-state index in [1.54, 1.807) is 6.08 Å². The zero-order valence-electron chi connectivity index (χ0n) is 61.6. The number of hydrogen-bond donors (Lipinski definition) is 12.